The first kappa shape index (κ1) is 12.2. The van der Waals surface area contributed by atoms with Crippen LogP contribution in [0.25, 0.3) is 0 Å². The van der Waals surface area contributed by atoms with E-state index in [4.69, 9.17) is 0 Å². The normalized spacial score (nSPS) is 35.6. The third-order valence-electron chi connectivity index (χ3n) is 4.61. The van der Waals surface area contributed by atoms with Crippen LogP contribution >= 0.6 is 15.9 Å². The van der Waals surface area contributed by atoms with E-state index in [0.29, 0.717) is 0 Å². The Morgan fingerprint density at radius 2 is 2.00 bits per heavy atom. The summed E-state index contributed by atoms with van der Waals surface area (Å²) in [6.07, 6.45) is 7.16. The molecular formula is C14H23BrN2. The molecule has 0 amide bonds. The Kier molecular flexibility index (Phi) is 3.60. The molecule has 2 atom stereocenters. The second-order valence-electron chi connectivity index (χ2n) is 5.98. The Labute approximate surface area is 113 Å². The van der Waals surface area contributed by atoms with Gasteiger partial charge in [-0.15, -0.1) is 0 Å². The maximum absolute atomic E-state index is 3.97. The maximum atomic E-state index is 3.97. The summed E-state index contributed by atoms with van der Waals surface area (Å²) in [7, 11) is 0. The number of rotatable bonds is 3. The summed E-state index contributed by atoms with van der Waals surface area (Å²) in [5.41, 5.74) is 0. The average molecular weight is 299 g/mol. The van der Waals surface area contributed by atoms with Gasteiger partial charge in [-0.05, 0) is 44.6 Å². The molecule has 3 fully saturated rings. The lowest BCUT2D eigenvalue weighted by Crippen LogP contribution is -2.54. The summed E-state index contributed by atoms with van der Waals surface area (Å²) in [6, 6.07) is 1.86. The molecule has 3 rings (SSSR count). The molecule has 17 heavy (non-hydrogen) atoms. The Hall–Kier alpha value is 0.140. The van der Waals surface area contributed by atoms with Gasteiger partial charge in [0, 0.05) is 36.2 Å². The predicted molar refractivity (Wildman–Crippen MR) is 75.4 cm³/mol. The molecule has 2 saturated heterocycles. The van der Waals surface area contributed by atoms with Crippen LogP contribution in [0.3, 0.4) is 0 Å². The molecule has 0 radical (unpaired) electrons. The lowest BCUT2D eigenvalue weighted by molar-refractivity contribution is 0.0216. The molecule has 0 aromatic heterocycles. The van der Waals surface area contributed by atoms with Crippen molar-refractivity contribution >= 4 is 15.9 Å². The number of hydrogen-bond donors (Lipinski definition) is 0. The monoisotopic (exact) mass is 298 g/mol. The zero-order chi connectivity index (χ0) is 11.8. The van der Waals surface area contributed by atoms with E-state index in [1.807, 2.05) is 0 Å². The summed E-state index contributed by atoms with van der Waals surface area (Å²) in [4.78, 5) is 5.42. The van der Waals surface area contributed by atoms with Crippen LogP contribution in [0.2, 0.25) is 0 Å². The number of hydrogen-bond acceptors (Lipinski definition) is 2. The lowest BCUT2D eigenvalue weighted by atomic mass is 9.83. The highest BCUT2D eigenvalue weighted by atomic mass is 79.9. The lowest BCUT2D eigenvalue weighted by Gasteiger charge is -2.47. The Morgan fingerprint density at radius 3 is 2.71 bits per heavy atom. The molecule has 0 unspecified atom stereocenters. The van der Waals surface area contributed by atoms with E-state index in [9.17, 15) is 0 Å². The largest absolute Gasteiger partial charge is 0.298 e. The van der Waals surface area contributed by atoms with E-state index in [2.05, 4.69) is 32.3 Å². The number of piperidine rings is 2. The summed E-state index contributed by atoms with van der Waals surface area (Å²) >= 11 is 3.50. The van der Waals surface area contributed by atoms with Gasteiger partial charge >= 0.3 is 0 Å². The molecular weight excluding hydrogens is 276 g/mol. The fourth-order valence-electron chi connectivity index (χ4n) is 3.76. The van der Waals surface area contributed by atoms with Gasteiger partial charge in [0.1, 0.15) is 0 Å². The van der Waals surface area contributed by atoms with Crippen molar-refractivity contribution in [2.24, 2.45) is 5.92 Å². The van der Waals surface area contributed by atoms with Gasteiger partial charge in [-0.2, -0.15) is 0 Å². The van der Waals surface area contributed by atoms with Crippen LogP contribution in [0.15, 0.2) is 11.1 Å². The second kappa shape index (κ2) is 5.02. The first-order valence-electron chi connectivity index (χ1n) is 7.05. The van der Waals surface area contributed by atoms with Crippen molar-refractivity contribution in [2.75, 3.05) is 26.2 Å². The van der Waals surface area contributed by atoms with Crippen molar-refractivity contribution < 1.29 is 0 Å². The van der Waals surface area contributed by atoms with Crippen LogP contribution in [0, 0.1) is 5.92 Å². The minimum absolute atomic E-state index is 0.899. The van der Waals surface area contributed by atoms with Crippen molar-refractivity contribution in [3.05, 3.63) is 11.1 Å². The van der Waals surface area contributed by atoms with Gasteiger partial charge in [0.25, 0.3) is 0 Å². The highest BCUT2D eigenvalue weighted by Gasteiger charge is 2.41. The minimum Gasteiger partial charge on any atom is -0.298 e. The minimum atomic E-state index is 0.899. The number of fused-ring (bicyclic) bond motifs is 1. The van der Waals surface area contributed by atoms with Gasteiger partial charge in [0.15, 0.2) is 0 Å². The van der Waals surface area contributed by atoms with Crippen LogP contribution in [0.4, 0.5) is 0 Å². The zero-order valence-corrected chi connectivity index (χ0v) is 12.2. The van der Waals surface area contributed by atoms with Crippen molar-refractivity contribution in [1.29, 1.82) is 0 Å². The zero-order valence-electron chi connectivity index (χ0n) is 10.6. The van der Waals surface area contributed by atoms with Crippen LogP contribution in [-0.2, 0) is 0 Å². The molecule has 0 bridgehead atoms. The van der Waals surface area contributed by atoms with Crippen LogP contribution in [0.5, 0.6) is 0 Å². The summed E-state index contributed by atoms with van der Waals surface area (Å²) < 4.78 is 1.13. The Morgan fingerprint density at radius 1 is 1.18 bits per heavy atom. The first-order chi connectivity index (χ1) is 8.24. The summed E-state index contributed by atoms with van der Waals surface area (Å²) in [5.74, 6) is 0.921. The van der Waals surface area contributed by atoms with E-state index in [1.165, 1.54) is 51.7 Å². The molecule has 3 heteroatoms. The number of likely N-dealkylation sites (tertiary alicyclic amines) is 2. The van der Waals surface area contributed by atoms with Crippen molar-refractivity contribution in [1.82, 2.24) is 9.80 Å². The van der Waals surface area contributed by atoms with E-state index in [0.717, 1.165) is 29.0 Å². The van der Waals surface area contributed by atoms with Crippen LogP contribution < -0.4 is 0 Å². The fourth-order valence-corrected chi connectivity index (χ4v) is 4.12. The molecule has 3 aliphatic rings. The Balaban J connectivity index is 1.61. The van der Waals surface area contributed by atoms with E-state index >= 15 is 0 Å². The highest BCUT2D eigenvalue weighted by molar-refractivity contribution is 9.11. The smallest absolute Gasteiger partial charge is 0.0294 e. The van der Waals surface area contributed by atoms with Crippen LogP contribution in [0.1, 0.15) is 32.1 Å². The molecule has 0 aromatic carbocycles. The highest BCUT2D eigenvalue weighted by Crippen LogP contribution is 2.38. The number of halogens is 1. The van der Waals surface area contributed by atoms with Crippen molar-refractivity contribution in [3.63, 3.8) is 0 Å². The first-order valence-corrected chi connectivity index (χ1v) is 7.84. The van der Waals surface area contributed by atoms with Crippen molar-refractivity contribution in [3.8, 4) is 0 Å². The van der Waals surface area contributed by atoms with Gasteiger partial charge in [0.05, 0.1) is 0 Å². The van der Waals surface area contributed by atoms with E-state index in [-0.39, 0.29) is 0 Å². The molecule has 96 valence electrons. The van der Waals surface area contributed by atoms with Gasteiger partial charge in [-0.25, -0.2) is 0 Å². The van der Waals surface area contributed by atoms with Crippen molar-refractivity contribution in [2.45, 2.75) is 44.2 Å². The second-order valence-corrected chi connectivity index (χ2v) is 7.10. The number of nitrogens with zero attached hydrogens (tertiary/aromatic N) is 2. The summed E-state index contributed by atoms with van der Waals surface area (Å²) in [5, 5.41) is 0. The van der Waals surface area contributed by atoms with Crippen LogP contribution in [-0.4, -0.2) is 48.1 Å². The quantitative estimate of drug-likeness (QED) is 0.790. The average Bonchev–Trinajstić information content (AvgIpc) is 3.11. The predicted octanol–water partition coefficient (Wildman–Crippen LogP) is 2.84. The van der Waals surface area contributed by atoms with Gasteiger partial charge < -0.3 is 0 Å². The molecule has 2 nitrogen and oxygen atoms in total. The third-order valence-corrected chi connectivity index (χ3v) is 4.86. The van der Waals surface area contributed by atoms with Gasteiger partial charge in [-0.3, -0.25) is 9.80 Å². The third kappa shape index (κ3) is 2.77. The standard InChI is InChI=1S/C14H23BrN2/c1-11(15)9-16-8-6-14-12(10-16)3-2-7-17(14)13-4-5-13/h12-14H,1-10H2/t12-,14-/m1/s1. The van der Waals surface area contributed by atoms with Gasteiger partial charge in [0.2, 0.25) is 0 Å². The fraction of sp³-hybridized carbons (Fsp3) is 0.857. The van der Waals surface area contributed by atoms with Gasteiger partial charge in [-0.1, -0.05) is 22.5 Å². The topological polar surface area (TPSA) is 6.48 Å². The summed E-state index contributed by atoms with van der Waals surface area (Å²) in [6.45, 7) is 8.93. The molecule has 0 spiro atoms. The Bertz CT molecular complexity index is 301. The molecule has 1 aliphatic carbocycles. The molecule has 1 saturated carbocycles. The maximum Gasteiger partial charge on any atom is 0.0294 e. The molecule has 2 aliphatic heterocycles. The molecule has 2 heterocycles. The SMILES string of the molecule is C=C(Br)CN1CC[C@@H]2[C@H](CCCN2C2CC2)C1. The van der Waals surface area contributed by atoms with E-state index in [1.54, 1.807) is 0 Å². The van der Waals surface area contributed by atoms with E-state index < -0.39 is 0 Å². The molecule has 0 N–H and O–H groups in total. The molecule has 0 aromatic rings.